The van der Waals surface area contributed by atoms with E-state index in [0.717, 1.165) is 12.8 Å². The fourth-order valence-electron chi connectivity index (χ4n) is 0.527. The molecule has 0 amide bonds. The van der Waals surface area contributed by atoms with Crippen LogP contribution in [0.1, 0.15) is 19.8 Å². The summed E-state index contributed by atoms with van der Waals surface area (Å²) in [7, 11) is 0. The highest BCUT2D eigenvalue weighted by molar-refractivity contribution is 5.37. The lowest BCUT2D eigenvalue weighted by Gasteiger charge is -1.80. The summed E-state index contributed by atoms with van der Waals surface area (Å²) >= 11 is 0. The molecule has 0 spiro atoms. The molecule has 2 nitrogen and oxygen atoms in total. The Labute approximate surface area is 67.1 Å². The molecule has 0 aromatic heterocycles. The van der Waals surface area contributed by atoms with Gasteiger partial charge in [-0.15, -0.1) is 0 Å². The molecule has 0 saturated heterocycles. The Morgan fingerprint density at radius 2 is 2.00 bits per heavy atom. The molecule has 0 aliphatic rings. The van der Waals surface area contributed by atoms with Crippen molar-refractivity contribution in [1.82, 2.24) is 0 Å². The Bertz CT molecular complexity index is 219. The largest absolute Gasteiger partial charge is 0.192 e. The number of nitrogens with zero attached hydrogens (tertiary/aromatic N) is 2. The Morgan fingerprint density at radius 3 is 2.45 bits per heavy atom. The molecular formula is C9H10N2. The molecule has 0 fully saturated rings. The zero-order valence-corrected chi connectivity index (χ0v) is 6.54. The summed E-state index contributed by atoms with van der Waals surface area (Å²) in [5.41, 5.74) is 0.150. The second-order valence-electron chi connectivity index (χ2n) is 2.02. The zero-order chi connectivity index (χ0) is 8.53. The van der Waals surface area contributed by atoms with Crippen molar-refractivity contribution in [1.29, 1.82) is 10.5 Å². The van der Waals surface area contributed by atoms with Gasteiger partial charge in [0.1, 0.15) is 17.7 Å². The minimum atomic E-state index is 0.150. The second kappa shape index (κ2) is 6.58. The molecule has 0 aromatic carbocycles. The first-order chi connectivity index (χ1) is 5.35. The summed E-state index contributed by atoms with van der Waals surface area (Å²) in [6, 6.07) is 3.55. The van der Waals surface area contributed by atoms with E-state index in [1.165, 1.54) is 6.08 Å². The van der Waals surface area contributed by atoms with Crippen molar-refractivity contribution in [3.8, 4) is 12.1 Å². The summed E-state index contributed by atoms with van der Waals surface area (Å²) in [4.78, 5) is 0. The number of hydrogen-bond donors (Lipinski definition) is 0. The van der Waals surface area contributed by atoms with Gasteiger partial charge in [-0.25, -0.2) is 0 Å². The van der Waals surface area contributed by atoms with Crippen molar-refractivity contribution in [3.05, 3.63) is 23.8 Å². The van der Waals surface area contributed by atoms with Crippen LogP contribution in [0.3, 0.4) is 0 Å². The van der Waals surface area contributed by atoms with Gasteiger partial charge in [0.2, 0.25) is 0 Å². The maximum atomic E-state index is 8.31. The summed E-state index contributed by atoms with van der Waals surface area (Å²) < 4.78 is 0. The summed E-state index contributed by atoms with van der Waals surface area (Å²) in [5.74, 6) is 0. The molecule has 0 aromatic rings. The van der Waals surface area contributed by atoms with Gasteiger partial charge < -0.3 is 0 Å². The normalized spacial score (nSPS) is 8.64. The average Bonchev–Trinajstić information content (AvgIpc) is 2.05. The number of rotatable bonds is 3. The molecule has 0 atom stereocenters. The SMILES string of the molecule is CCC/C=C/C=C(C#N)C#N. The van der Waals surface area contributed by atoms with Crippen LogP contribution in [0.4, 0.5) is 0 Å². The van der Waals surface area contributed by atoms with Gasteiger partial charge in [-0.3, -0.25) is 0 Å². The standard InChI is InChI=1S/C9H10N2/c1-2-3-4-5-6-9(7-10)8-11/h4-6H,2-3H2,1H3/b5-4+. The maximum Gasteiger partial charge on any atom is 0.129 e. The molecule has 0 N–H and O–H groups in total. The Balaban J connectivity index is 3.93. The molecule has 0 bridgehead atoms. The van der Waals surface area contributed by atoms with Gasteiger partial charge >= 0.3 is 0 Å². The quantitative estimate of drug-likeness (QED) is 0.453. The lowest BCUT2D eigenvalue weighted by atomic mass is 10.2. The van der Waals surface area contributed by atoms with Gasteiger partial charge in [0.05, 0.1) is 0 Å². The smallest absolute Gasteiger partial charge is 0.129 e. The van der Waals surface area contributed by atoms with E-state index in [9.17, 15) is 0 Å². The number of hydrogen-bond acceptors (Lipinski definition) is 2. The molecule has 56 valence electrons. The van der Waals surface area contributed by atoms with Crippen LogP contribution in [0, 0.1) is 22.7 Å². The Hall–Kier alpha value is -1.54. The third-order valence-corrected chi connectivity index (χ3v) is 1.10. The van der Waals surface area contributed by atoms with E-state index in [2.05, 4.69) is 6.92 Å². The van der Waals surface area contributed by atoms with E-state index in [0.29, 0.717) is 0 Å². The van der Waals surface area contributed by atoms with Crippen LogP contribution in [0.25, 0.3) is 0 Å². The summed E-state index contributed by atoms with van der Waals surface area (Å²) in [5, 5.41) is 16.6. The molecule has 0 aliphatic heterocycles. The average molecular weight is 146 g/mol. The molecule has 0 radical (unpaired) electrons. The predicted molar refractivity (Wildman–Crippen MR) is 43.4 cm³/mol. The second-order valence-corrected chi connectivity index (χ2v) is 2.02. The molecule has 2 heteroatoms. The lowest BCUT2D eigenvalue weighted by molar-refractivity contribution is 0.959. The van der Waals surface area contributed by atoms with Crippen LogP contribution in [0.5, 0.6) is 0 Å². The molecule has 0 saturated carbocycles. The van der Waals surface area contributed by atoms with Crippen LogP contribution >= 0.6 is 0 Å². The third-order valence-electron chi connectivity index (χ3n) is 1.10. The molecule has 11 heavy (non-hydrogen) atoms. The molecule has 0 heterocycles. The number of allylic oxidation sites excluding steroid dienone is 4. The van der Waals surface area contributed by atoms with Crippen molar-refractivity contribution in [2.24, 2.45) is 0 Å². The van der Waals surface area contributed by atoms with Crippen molar-refractivity contribution in [3.63, 3.8) is 0 Å². The highest BCUT2D eigenvalue weighted by Gasteiger charge is 1.84. The lowest BCUT2D eigenvalue weighted by Crippen LogP contribution is -1.68. The van der Waals surface area contributed by atoms with Gasteiger partial charge in [-0.1, -0.05) is 25.5 Å². The molecule has 0 rings (SSSR count). The van der Waals surface area contributed by atoms with Crippen LogP contribution in [-0.2, 0) is 0 Å². The summed E-state index contributed by atoms with van der Waals surface area (Å²) in [6.45, 7) is 2.07. The van der Waals surface area contributed by atoms with Crippen LogP contribution in [0.2, 0.25) is 0 Å². The summed E-state index contributed by atoms with van der Waals surface area (Å²) in [6.07, 6.45) is 7.27. The highest BCUT2D eigenvalue weighted by Crippen LogP contribution is 1.92. The number of nitriles is 2. The highest BCUT2D eigenvalue weighted by atomic mass is 14.3. The van der Waals surface area contributed by atoms with Crippen LogP contribution in [0.15, 0.2) is 23.8 Å². The molecule has 0 aliphatic carbocycles. The van der Waals surface area contributed by atoms with Gasteiger partial charge in [0.25, 0.3) is 0 Å². The zero-order valence-electron chi connectivity index (χ0n) is 6.54. The minimum Gasteiger partial charge on any atom is -0.192 e. The van der Waals surface area contributed by atoms with Crippen molar-refractivity contribution >= 4 is 0 Å². The van der Waals surface area contributed by atoms with E-state index in [1.54, 1.807) is 18.2 Å². The van der Waals surface area contributed by atoms with Crippen LogP contribution < -0.4 is 0 Å². The minimum absolute atomic E-state index is 0.150. The van der Waals surface area contributed by atoms with Crippen molar-refractivity contribution < 1.29 is 0 Å². The van der Waals surface area contributed by atoms with Gasteiger partial charge in [-0.05, 0) is 12.5 Å². The fourth-order valence-corrected chi connectivity index (χ4v) is 0.527. The third kappa shape index (κ3) is 4.93. The van der Waals surface area contributed by atoms with E-state index in [4.69, 9.17) is 10.5 Å². The van der Waals surface area contributed by atoms with Gasteiger partial charge in [-0.2, -0.15) is 10.5 Å². The monoisotopic (exact) mass is 146 g/mol. The Morgan fingerprint density at radius 1 is 1.36 bits per heavy atom. The topological polar surface area (TPSA) is 47.6 Å². The van der Waals surface area contributed by atoms with E-state index in [-0.39, 0.29) is 5.57 Å². The first kappa shape index (κ1) is 9.46. The Kier molecular flexibility index (Phi) is 5.66. The molecule has 0 unspecified atom stereocenters. The first-order valence-corrected chi connectivity index (χ1v) is 3.52. The van der Waals surface area contributed by atoms with Gasteiger partial charge in [0.15, 0.2) is 0 Å². The fraction of sp³-hybridized carbons (Fsp3) is 0.333. The van der Waals surface area contributed by atoms with Gasteiger partial charge in [0, 0.05) is 0 Å². The molecular weight excluding hydrogens is 136 g/mol. The van der Waals surface area contributed by atoms with E-state index in [1.807, 2.05) is 6.08 Å². The predicted octanol–water partition coefficient (Wildman–Crippen LogP) is 2.32. The van der Waals surface area contributed by atoms with E-state index < -0.39 is 0 Å². The van der Waals surface area contributed by atoms with Crippen molar-refractivity contribution in [2.45, 2.75) is 19.8 Å². The van der Waals surface area contributed by atoms with Crippen LogP contribution in [-0.4, -0.2) is 0 Å². The van der Waals surface area contributed by atoms with Crippen molar-refractivity contribution in [2.75, 3.05) is 0 Å². The number of unbranched alkanes of at least 4 members (excludes halogenated alkanes) is 1. The maximum absolute atomic E-state index is 8.31. The van der Waals surface area contributed by atoms with E-state index >= 15 is 0 Å². The first-order valence-electron chi connectivity index (χ1n) is 3.52.